The number of aryl methyl sites for hydroxylation is 1. The molecule has 0 fully saturated rings. The van der Waals surface area contributed by atoms with E-state index in [2.05, 4.69) is 0 Å². The van der Waals surface area contributed by atoms with Gasteiger partial charge in [0.25, 0.3) is 10.0 Å². The maximum absolute atomic E-state index is 13.8. The second kappa shape index (κ2) is 6.36. The molecule has 2 aromatic carbocycles. The Balaban J connectivity index is 2.47. The highest BCUT2D eigenvalue weighted by molar-refractivity contribution is 7.92. The van der Waals surface area contributed by atoms with Gasteiger partial charge in [0.1, 0.15) is 10.7 Å². The van der Waals surface area contributed by atoms with Crippen LogP contribution < -0.4 is 4.72 Å². The van der Waals surface area contributed by atoms with Crippen LogP contribution in [0.3, 0.4) is 0 Å². The third kappa shape index (κ3) is 4.08. The monoisotopic (exact) mass is 377 g/mol. The second-order valence-electron chi connectivity index (χ2n) is 5.08. The first-order chi connectivity index (χ1) is 11.4. The molecular weight excluding hydrogens is 366 g/mol. The predicted octanol–water partition coefficient (Wildman–Crippen LogP) is 3.65. The van der Waals surface area contributed by atoms with Crippen LogP contribution in [0.4, 0.5) is 23.2 Å². The van der Waals surface area contributed by atoms with E-state index in [4.69, 9.17) is 5.11 Å². The van der Waals surface area contributed by atoms with Crippen molar-refractivity contribution in [2.24, 2.45) is 0 Å². The number of anilines is 1. The lowest BCUT2D eigenvalue weighted by molar-refractivity contribution is -0.138. The number of halogens is 4. The number of carbonyl (C=O) groups is 1. The van der Waals surface area contributed by atoms with Crippen molar-refractivity contribution in [3.05, 3.63) is 58.9 Å². The molecule has 0 aliphatic rings. The Morgan fingerprint density at radius 1 is 1.12 bits per heavy atom. The zero-order chi connectivity index (χ0) is 19.0. The van der Waals surface area contributed by atoms with Gasteiger partial charge in [-0.1, -0.05) is 6.07 Å². The number of carboxylic acid groups (broad SMARTS) is 1. The summed E-state index contributed by atoms with van der Waals surface area (Å²) in [5, 5.41) is 8.85. The molecule has 0 aliphatic carbocycles. The first-order valence-electron chi connectivity index (χ1n) is 6.65. The molecule has 2 aromatic rings. The van der Waals surface area contributed by atoms with Gasteiger partial charge < -0.3 is 5.11 Å². The number of benzene rings is 2. The zero-order valence-electron chi connectivity index (χ0n) is 12.6. The van der Waals surface area contributed by atoms with Crippen LogP contribution >= 0.6 is 0 Å². The molecule has 0 radical (unpaired) electrons. The SMILES string of the molecule is Cc1ccc(NS(=O)(=O)c2cc(C(=O)O)ccc2F)cc1C(F)(F)F. The molecule has 0 atom stereocenters. The van der Waals surface area contributed by atoms with E-state index in [0.29, 0.717) is 18.2 Å². The van der Waals surface area contributed by atoms with Crippen molar-refractivity contribution in [3.63, 3.8) is 0 Å². The van der Waals surface area contributed by atoms with Crippen LogP contribution in [0.1, 0.15) is 21.5 Å². The van der Waals surface area contributed by atoms with Crippen molar-refractivity contribution in [3.8, 4) is 0 Å². The minimum atomic E-state index is -4.69. The highest BCUT2D eigenvalue weighted by Crippen LogP contribution is 2.34. The Bertz CT molecular complexity index is 939. The molecule has 0 saturated heterocycles. The molecule has 5 nitrogen and oxygen atoms in total. The van der Waals surface area contributed by atoms with E-state index >= 15 is 0 Å². The van der Waals surface area contributed by atoms with Crippen molar-refractivity contribution in [2.45, 2.75) is 18.0 Å². The van der Waals surface area contributed by atoms with Crippen LogP contribution in [0.15, 0.2) is 41.3 Å². The summed E-state index contributed by atoms with van der Waals surface area (Å²) < 4.78 is 78.7. The number of hydrogen-bond donors (Lipinski definition) is 2. The van der Waals surface area contributed by atoms with Gasteiger partial charge in [0.2, 0.25) is 0 Å². The number of carboxylic acids is 1. The average Bonchev–Trinajstić information content (AvgIpc) is 2.47. The second-order valence-corrected chi connectivity index (χ2v) is 6.73. The lowest BCUT2D eigenvalue weighted by Gasteiger charge is -2.14. The van der Waals surface area contributed by atoms with Gasteiger partial charge >= 0.3 is 12.1 Å². The number of hydrogen-bond acceptors (Lipinski definition) is 3. The number of aromatic carboxylic acids is 1. The van der Waals surface area contributed by atoms with Gasteiger partial charge in [0.15, 0.2) is 0 Å². The van der Waals surface area contributed by atoms with Crippen LogP contribution in [0.25, 0.3) is 0 Å². The van der Waals surface area contributed by atoms with Crippen LogP contribution in [0.2, 0.25) is 0 Å². The van der Waals surface area contributed by atoms with Crippen molar-refractivity contribution in [1.29, 1.82) is 0 Å². The summed E-state index contributed by atoms with van der Waals surface area (Å²) in [4.78, 5) is 9.89. The molecule has 0 unspecified atom stereocenters. The summed E-state index contributed by atoms with van der Waals surface area (Å²) in [5.74, 6) is -2.72. The van der Waals surface area contributed by atoms with Gasteiger partial charge in [-0.05, 0) is 42.8 Å². The maximum Gasteiger partial charge on any atom is 0.416 e. The minimum absolute atomic E-state index is 0.116. The van der Waals surface area contributed by atoms with Crippen molar-refractivity contribution >= 4 is 21.7 Å². The molecular formula is C15H11F4NO4S. The average molecular weight is 377 g/mol. The molecule has 0 amide bonds. The Labute approximate surface area is 140 Å². The van der Waals surface area contributed by atoms with Gasteiger partial charge in [-0.25, -0.2) is 17.6 Å². The van der Waals surface area contributed by atoms with Crippen LogP contribution in [0, 0.1) is 12.7 Å². The Morgan fingerprint density at radius 2 is 1.76 bits per heavy atom. The van der Waals surface area contributed by atoms with E-state index in [9.17, 15) is 30.8 Å². The van der Waals surface area contributed by atoms with Gasteiger partial charge in [0, 0.05) is 5.69 Å². The first kappa shape index (κ1) is 18.7. The Morgan fingerprint density at radius 3 is 2.32 bits per heavy atom. The topological polar surface area (TPSA) is 83.5 Å². The van der Waals surface area contributed by atoms with Crippen LogP contribution in [0.5, 0.6) is 0 Å². The van der Waals surface area contributed by atoms with E-state index < -0.39 is 49.7 Å². The lowest BCUT2D eigenvalue weighted by atomic mass is 10.1. The molecule has 0 spiro atoms. The summed E-state index contributed by atoms with van der Waals surface area (Å²) in [7, 11) is -4.63. The highest BCUT2D eigenvalue weighted by atomic mass is 32.2. The lowest BCUT2D eigenvalue weighted by Crippen LogP contribution is -2.16. The fourth-order valence-electron chi connectivity index (χ4n) is 2.04. The van der Waals surface area contributed by atoms with E-state index in [-0.39, 0.29) is 5.56 Å². The third-order valence-corrected chi connectivity index (χ3v) is 4.66. The van der Waals surface area contributed by atoms with E-state index in [1.165, 1.54) is 6.92 Å². The van der Waals surface area contributed by atoms with Crippen molar-refractivity contribution < 1.29 is 35.9 Å². The molecule has 0 aliphatic heterocycles. The molecule has 10 heteroatoms. The van der Waals surface area contributed by atoms with Crippen LogP contribution in [-0.2, 0) is 16.2 Å². The molecule has 0 bridgehead atoms. The molecule has 25 heavy (non-hydrogen) atoms. The smallest absolute Gasteiger partial charge is 0.416 e. The predicted molar refractivity (Wildman–Crippen MR) is 80.3 cm³/mol. The molecule has 0 saturated carbocycles. The molecule has 134 valence electrons. The Hall–Kier alpha value is -2.62. The summed E-state index contributed by atoms with van der Waals surface area (Å²) in [5.41, 5.74) is -2.08. The number of sulfonamides is 1. The van der Waals surface area contributed by atoms with Gasteiger partial charge in [-0.15, -0.1) is 0 Å². The fourth-order valence-corrected chi connectivity index (χ4v) is 3.20. The van der Waals surface area contributed by atoms with E-state index in [1.54, 1.807) is 0 Å². The number of nitrogens with one attached hydrogen (secondary N) is 1. The summed E-state index contributed by atoms with van der Waals surface area (Å²) in [6.07, 6.45) is -4.69. The number of alkyl halides is 3. The van der Waals surface area contributed by atoms with Gasteiger partial charge in [-0.2, -0.15) is 13.2 Å². The quantitative estimate of drug-likeness (QED) is 0.797. The molecule has 2 rings (SSSR count). The van der Waals surface area contributed by atoms with Crippen molar-refractivity contribution in [2.75, 3.05) is 4.72 Å². The summed E-state index contributed by atoms with van der Waals surface area (Å²) in [6.45, 7) is 1.21. The first-order valence-corrected chi connectivity index (χ1v) is 8.13. The van der Waals surface area contributed by atoms with Gasteiger partial charge in [0.05, 0.1) is 11.1 Å². The Kier molecular flexibility index (Phi) is 4.76. The summed E-state index contributed by atoms with van der Waals surface area (Å²) >= 11 is 0. The van der Waals surface area contributed by atoms with Crippen molar-refractivity contribution in [1.82, 2.24) is 0 Å². The normalized spacial score (nSPS) is 12.0. The molecule has 0 aromatic heterocycles. The third-order valence-electron chi connectivity index (χ3n) is 3.26. The van der Waals surface area contributed by atoms with Gasteiger partial charge in [-0.3, -0.25) is 4.72 Å². The van der Waals surface area contributed by atoms with Crippen LogP contribution in [-0.4, -0.2) is 19.5 Å². The maximum atomic E-state index is 13.8. The number of rotatable bonds is 4. The molecule has 2 N–H and O–H groups in total. The minimum Gasteiger partial charge on any atom is -0.478 e. The highest BCUT2D eigenvalue weighted by Gasteiger charge is 2.33. The fraction of sp³-hybridized carbons (Fsp3) is 0.133. The summed E-state index contributed by atoms with van der Waals surface area (Å²) in [6, 6.07) is 4.81. The molecule has 0 heterocycles. The largest absolute Gasteiger partial charge is 0.478 e. The van der Waals surface area contributed by atoms with E-state index in [1.807, 2.05) is 4.72 Å². The van der Waals surface area contributed by atoms with E-state index in [0.717, 1.165) is 18.2 Å². The zero-order valence-corrected chi connectivity index (χ0v) is 13.4. The standard InChI is InChI=1S/C15H11F4NO4S/c1-8-2-4-10(7-11(8)15(17,18)19)20-25(23,24)13-6-9(14(21)22)3-5-12(13)16/h2-7,20H,1H3,(H,21,22).